The average Bonchev–Trinajstić information content (AvgIpc) is 2.97. The standard InChI is InChI=1S/C19H22N6O/c1-14-11-15(2)25(24-14)10-6-9-20-18(26)16-12-21-19(22-13-16)23-17-7-4-3-5-8-17/h3-5,7-8,11-13H,6,9-10H2,1-2H3,(H,20,26)(H,21,22,23). The molecule has 2 aromatic heterocycles. The SMILES string of the molecule is Cc1cc(C)n(CCCNC(=O)c2cnc(Nc3ccccc3)nc2)n1. The molecule has 0 aliphatic carbocycles. The van der Waals surface area contributed by atoms with Crippen molar-refractivity contribution < 1.29 is 4.79 Å². The lowest BCUT2D eigenvalue weighted by Crippen LogP contribution is -2.25. The number of amides is 1. The summed E-state index contributed by atoms with van der Waals surface area (Å²) >= 11 is 0. The molecule has 0 saturated heterocycles. The molecule has 3 aromatic rings. The van der Waals surface area contributed by atoms with Gasteiger partial charge in [-0.25, -0.2) is 9.97 Å². The molecule has 1 amide bonds. The summed E-state index contributed by atoms with van der Waals surface area (Å²) in [4.78, 5) is 20.5. The van der Waals surface area contributed by atoms with Gasteiger partial charge in [0, 0.05) is 36.9 Å². The Morgan fingerprint density at radius 1 is 1.12 bits per heavy atom. The van der Waals surface area contributed by atoms with Crippen molar-refractivity contribution in [2.45, 2.75) is 26.8 Å². The number of nitrogens with one attached hydrogen (secondary N) is 2. The minimum atomic E-state index is -0.176. The fourth-order valence-corrected chi connectivity index (χ4v) is 2.59. The van der Waals surface area contributed by atoms with Gasteiger partial charge in [-0.3, -0.25) is 9.48 Å². The van der Waals surface area contributed by atoms with Gasteiger partial charge in [-0.1, -0.05) is 18.2 Å². The number of rotatable bonds is 7. The van der Waals surface area contributed by atoms with Crippen molar-refractivity contribution in [2.75, 3.05) is 11.9 Å². The minimum Gasteiger partial charge on any atom is -0.352 e. The van der Waals surface area contributed by atoms with Crippen molar-refractivity contribution in [1.29, 1.82) is 0 Å². The van der Waals surface area contributed by atoms with Crippen LogP contribution in [0.25, 0.3) is 0 Å². The Morgan fingerprint density at radius 2 is 1.85 bits per heavy atom. The van der Waals surface area contributed by atoms with Crippen LogP contribution in [0.1, 0.15) is 28.2 Å². The number of carbonyl (C=O) groups excluding carboxylic acids is 1. The van der Waals surface area contributed by atoms with E-state index in [2.05, 4.69) is 25.7 Å². The lowest BCUT2D eigenvalue weighted by Gasteiger charge is -2.07. The fourth-order valence-electron chi connectivity index (χ4n) is 2.59. The monoisotopic (exact) mass is 350 g/mol. The van der Waals surface area contributed by atoms with Crippen LogP contribution in [0.4, 0.5) is 11.6 Å². The summed E-state index contributed by atoms with van der Waals surface area (Å²) in [5.74, 6) is 0.280. The molecule has 3 rings (SSSR count). The molecule has 26 heavy (non-hydrogen) atoms. The number of para-hydroxylation sites is 1. The van der Waals surface area contributed by atoms with E-state index >= 15 is 0 Å². The maximum Gasteiger partial charge on any atom is 0.254 e. The van der Waals surface area contributed by atoms with Crippen molar-refractivity contribution in [3.05, 3.63) is 65.7 Å². The van der Waals surface area contributed by atoms with Crippen LogP contribution in [0.2, 0.25) is 0 Å². The summed E-state index contributed by atoms with van der Waals surface area (Å²) in [5.41, 5.74) is 3.47. The number of carbonyl (C=O) groups is 1. The van der Waals surface area contributed by atoms with E-state index in [-0.39, 0.29) is 5.91 Å². The minimum absolute atomic E-state index is 0.176. The van der Waals surface area contributed by atoms with Crippen LogP contribution >= 0.6 is 0 Å². The Bertz CT molecular complexity index is 857. The van der Waals surface area contributed by atoms with E-state index in [0.29, 0.717) is 18.1 Å². The second-order valence-corrected chi connectivity index (χ2v) is 6.05. The van der Waals surface area contributed by atoms with Crippen LogP contribution in [-0.2, 0) is 6.54 Å². The summed E-state index contributed by atoms with van der Waals surface area (Å²) in [6, 6.07) is 11.7. The van der Waals surface area contributed by atoms with Gasteiger partial charge in [0.25, 0.3) is 5.91 Å². The number of anilines is 2. The molecule has 0 bridgehead atoms. The molecule has 0 atom stereocenters. The Hall–Kier alpha value is -3.22. The topological polar surface area (TPSA) is 84.7 Å². The van der Waals surface area contributed by atoms with E-state index in [4.69, 9.17) is 0 Å². The van der Waals surface area contributed by atoms with Gasteiger partial charge in [-0.15, -0.1) is 0 Å². The summed E-state index contributed by atoms with van der Waals surface area (Å²) in [6.45, 7) is 5.35. The molecular formula is C19H22N6O. The highest BCUT2D eigenvalue weighted by atomic mass is 16.1. The first-order valence-electron chi connectivity index (χ1n) is 8.55. The van der Waals surface area contributed by atoms with Gasteiger partial charge in [0.1, 0.15) is 0 Å². The third-order valence-electron chi connectivity index (χ3n) is 3.88. The van der Waals surface area contributed by atoms with Crippen LogP contribution in [0.15, 0.2) is 48.8 Å². The van der Waals surface area contributed by atoms with Gasteiger partial charge in [-0.05, 0) is 38.5 Å². The third kappa shape index (κ3) is 4.66. The van der Waals surface area contributed by atoms with Crippen molar-refractivity contribution in [3.8, 4) is 0 Å². The largest absolute Gasteiger partial charge is 0.352 e. The average molecular weight is 350 g/mol. The van der Waals surface area contributed by atoms with Crippen LogP contribution in [0, 0.1) is 13.8 Å². The Morgan fingerprint density at radius 3 is 2.50 bits per heavy atom. The number of hydrogen-bond donors (Lipinski definition) is 2. The molecule has 2 heterocycles. The first-order valence-corrected chi connectivity index (χ1v) is 8.55. The quantitative estimate of drug-likeness (QED) is 0.640. The molecule has 134 valence electrons. The van der Waals surface area contributed by atoms with E-state index in [9.17, 15) is 4.79 Å². The van der Waals surface area contributed by atoms with Gasteiger partial charge in [0.2, 0.25) is 5.95 Å². The highest BCUT2D eigenvalue weighted by Gasteiger charge is 2.07. The number of aryl methyl sites for hydroxylation is 3. The Kier molecular flexibility index (Phi) is 5.58. The van der Waals surface area contributed by atoms with Gasteiger partial charge >= 0.3 is 0 Å². The maximum absolute atomic E-state index is 12.2. The van der Waals surface area contributed by atoms with Crippen molar-refractivity contribution in [2.24, 2.45) is 0 Å². The predicted molar refractivity (Wildman–Crippen MR) is 100 cm³/mol. The Labute approximate surface area is 152 Å². The van der Waals surface area contributed by atoms with Gasteiger partial charge < -0.3 is 10.6 Å². The van der Waals surface area contributed by atoms with E-state index in [1.54, 1.807) is 0 Å². The highest BCUT2D eigenvalue weighted by Crippen LogP contribution is 2.11. The number of nitrogens with zero attached hydrogens (tertiary/aromatic N) is 4. The van der Waals surface area contributed by atoms with Gasteiger partial charge in [-0.2, -0.15) is 5.10 Å². The van der Waals surface area contributed by atoms with Crippen LogP contribution < -0.4 is 10.6 Å². The molecule has 0 spiro atoms. The first kappa shape index (κ1) is 17.6. The summed E-state index contributed by atoms with van der Waals surface area (Å²) in [5, 5.41) is 10.4. The van der Waals surface area contributed by atoms with Crippen molar-refractivity contribution >= 4 is 17.5 Å². The summed E-state index contributed by atoms with van der Waals surface area (Å²) in [7, 11) is 0. The lowest BCUT2D eigenvalue weighted by molar-refractivity contribution is 0.0952. The van der Waals surface area contributed by atoms with E-state index in [1.807, 2.05) is 54.9 Å². The second kappa shape index (κ2) is 8.24. The zero-order chi connectivity index (χ0) is 18.4. The molecule has 7 heteroatoms. The number of hydrogen-bond acceptors (Lipinski definition) is 5. The number of benzene rings is 1. The van der Waals surface area contributed by atoms with E-state index < -0.39 is 0 Å². The molecule has 0 aliphatic heterocycles. The van der Waals surface area contributed by atoms with Crippen LogP contribution in [0.3, 0.4) is 0 Å². The zero-order valence-corrected chi connectivity index (χ0v) is 14.9. The maximum atomic E-state index is 12.2. The van der Waals surface area contributed by atoms with Crippen LogP contribution in [0.5, 0.6) is 0 Å². The molecule has 0 fully saturated rings. The summed E-state index contributed by atoms with van der Waals surface area (Å²) < 4.78 is 1.95. The third-order valence-corrected chi connectivity index (χ3v) is 3.88. The smallest absolute Gasteiger partial charge is 0.254 e. The molecule has 0 radical (unpaired) electrons. The van der Waals surface area contributed by atoms with Crippen LogP contribution in [-0.4, -0.2) is 32.2 Å². The molecule has 0 aliphatic rings. The van der Waals surface area contributed by atoms with Gasteiger partial charge in [0.05, 0.1) is 11.3 Å². The summed E-state index contributed by atoms with van der Waals surface area (Å²) in [6.07, 6.45) is 3.85. The Balaban J connectivity index is 1.46. The molecule has 2 N–H and O–H groups in total. The zero-order valence-electron chi connectivity index (χ0n) is 14.9. The predicted octanol–water partition coefficient (Wildman–Crippen LogP) is 2.85. The molecular weight excluding hydrogens is 328 g/mol. The first-order chi connectivity index (χ1) is 12.6. The van der Waals surface area contributed by atoms with Crippen molar-refractivity contribution in [3.63, 3.8) is 0 Å². The second-order valence-electron chi connectivity index (χ2n) is 6.05. The highest BCUT2D eigenvalue weighted by molar-refractivity contribution is 5.93. The number of aromatic nitrogens is 4. The molecule has 1 aromatic carbocycles. The molecule has 0 unspecified atom stereocenters. The molecule has 0 saturated carbocycles. The van der Waals surface area contributed by atoms with Gasteiger partial charge in [0.15, 0.2) is 0 Å². The van der Waals surface area contributed by atoms with Crippen molar-refractivity contribution in [1.82, 2.24) is 25.1 Å². The van der Waals surface area contributed by atoms with E-state index in [0.717, 1.165) is 30.0 Å². The molecule has 7 nitrogen and oxygen atoms in total. The van der Waals surface area contributed by atoms with E-state index in [1.165, 1.54) is 12.4 Å². The lowest BCUT2D eigenvalue weighted by atomic mass is 10.3. The fraction of sp³-hybridized carbons (Fsp3) is 0.263. The normalized spacial score (nSPS) is 10.5.